The second kappa shape index (κ2) is 6.33. The van der Waals surface area contributed by atoms with Gasteiger partial charge in [-0.1, -0.05) is 0 Å². The molecule has 0 heterocycles. The molecule has 1 aromatic rings. The standard InChI is InChI=1S/C16H17F3N2O3/c1-24-15(22)11-7-2-3-8(6-7)14(11)21-16(23)20-10-5-4-9(17)12(18)13(10)19/h4-5,7-8,11,14H,2-3,6H2,1H3,(H2,20,21,23)/t7-,8-,11+,14+/m0/s1. The van der Waals surface area contributed by atoms with Crippen molar-refractivity contribution in [2.45, 2.75) is 25.3 Å². The number of carbonyl (C=O) groups is 2. The minimum absolute atomic E-state index is 0.152. The summed E-state index contributed by atoms with van der Waals surface area (Å²) < 4.78 is 44.5. The van der Waals surface area contributed by atoms with Gasteiger partial charge in [0.1, 0.15) is 0 Å². The molecule has 8 heteroatoms. The molecular formula is C16H17F3N2O3. The predicted molar refractivity (Wildman–Crippen MR) is 78.6 cm³/mol. The number of amides is 2. The van der Waals surface area contributed by atoms with E-state index in [4.69, 9.17) is 4.74 Å². The van der Waals surface area contributed by atoms with Gasteiger partial charge in [-0.05, 0) is 43.2 Å². The van der Waals surface area contributed by atoms with Gasteiger partial charge in [0.25, 0.3) is 0 Å². The molecule has 0 aliphatic heterocycles. The first-order valence-corrected chi connectivity index (χ1v) is 7.71. The Hall–Kier alpha value is -2.25. The quantitative estimate of drug-likeness (QED) is 0.656. The lowest BCUT2D eigenvalue weighted by Gasteiger charge is -2.29. The minimum atomic E-state index is -1.65. The highest BCUT2D eigenvalue weighted by Crippen LogP contribution is 2.48. The van der Waals surface area contributed by atoms with Gasteiger partial charge in [-0.2, -0.15) is 0 Å². The van der Waals surface area contributed by atoms with Crippen LogP contribution in [0.25, 0.3) is 0 Å². The number of fused-ring (bicyclic) bond motifs is 2. The van der Waals surface area contributed by atoms with Crippen LogP contribution in [0.5, 0.6) is 0 Å². The first kappa shape index (κ1) is 16.6. The maximum Gasteiger partial charge on any atom is 0.319 e. The first-order chi connectivity index (χ1) is 11.4. The largest absolute Gasteiger partial charge is 0.469 e. The van der Waals surface area contributed by atoms with Crippen molar-refractivity contribution in [3.63, 3.8) is 0 Å². The number of anilines is 1. The van der Waals surface area contributed by atoms with Gasteiger partial charge in [-0.3, -0.25) is 4.79 Å². The van der Waals surface area contributed by atoms with Crippen molar-refractivity contribution in [3.8, 4) is 0 Å². The molecule has 0 radical (unpaired) electrons. The molecule has 130 valence electrons. The van der Waals surface area contributed by atoms with E-state index in [1.165, 1.54) is 7.11 Å². The Kier molecular flexibility index (Phi) is 4.38. The van der Waals surface area contributed by atoms with Gasteiger partial charge in [-0.15, -0.1) is 0 Å². The Bertz CT molecular complexity index is 683. The molecule has 0 aromatic heterocycles. The van der Waals surface area contributed by atoms with E-state index in [1.54, 1.807) is 0 Å². The van der Waals surface area contributed by atoms with Crippen LogP contribution in [0.1, 0.15) is 19.3 Å². The van der Waals surface area contributed by atoms with Crippen molar-refractivity contribution in [1.29, 1.82) is 0 Å². The summed E-state index contributed by atoms with van der Waals surface area (Å²) in [6.45, 7) is 0. The molecule has 0 unspecified atom stereocenters. The van der Waals surface area contributed by atoms with Crippen LogP contribution in [0.4, 0.5) is 23.7 Å². The van der Waals surface area contributed by atoms with Crippen molar-refractivity contribution in [2.75, 3.05) is 12.4 Å². The van der Waals surface area contributed by atoms with Gasteiger partial charge in [0.15, 0.2) is 17.5 Å². The number of esters is 1. The van der Waals surface area contributed by atoms with Crippen LogP contribution in [0.2, 0.25) is 0 Å². The molecular weight excluding hydrogens is 325 g/mol. The Morgan fingerprint density at radius 2 is 1.83 bits per heavy atom. The molecule has 24 heavy (non-hydrogen) atoms. The normalized spacial score (nSPS) is 27.8. The topological polar surface area (TPSA) is 67.4 Å². The van der Waals surface area contributed by atoms with E-state index in [0.717, 1.165) is 31.4 Å². The number of methoxy groups -OCH3 is 1. The van der Waals surface area contributed by atoms with Crippen LogP contribution in [0, 0.1) is 35.2 Å². The lowest BCUT2D eigenvalue weighted by atomic mass is 9.84. The summed E-state index contributed by atoms with van der Waals surface area (Å²) in [5, 5.41) is 4.81. The van der Waals surface area contributed by atoms with Gasteiger partial charge in [0.2, 0.25) is 0 Å². The maximum atomic E-state index is 13.6. The number of benzene rings is 1. The second-order valence-electron chi connectivity index (χ2n) is 6.23. The van der Waals surface area contributed by atoms with E-state index < -0.39 is 41.1 Å². The molecule has 5 nitrogen and oxygen atoms in total. The van der Waals surface area contributed by atoms with Crippen molar-refractivity contribution < 1.29 is 27.5 Å². The summed E-state index contributed by atoms with van der Waals surface area (Å²) in [6.07, 6.45) is 2.62. The molecule has 2 N–H and O–H groups in total. The molecule has 2 aliphatic rings. The highest BCUT2D eigenvalue weighted by Gasteiger charge is 2.52. The van der Waals surface area contributed by atoms with Crippen LogP contribution in [-0.4, -0.2) is 25.2 Å². The molecule has 3 rings (SSSR count). The fourth-order valence-electron chi connectivity index (χ4n) is 3.91. The van der Waals surface area contributed by atoms with E-state index >= 15 is 0 Å². The maximum absolute atomic E-state index is 13.6. The zero-order chi connectivity index (χ0) is 17.4. The fourth-order valence-corrected chi connectivity index (χ4v) is 3.91. The average Bonchev–Trinajstić information content (AvgIpc) is 3.16. The highest BCUT2D eigenvalue weighted by atomic mass is 19.2. The van der Waals surface area contributed by atoms with Crippen LogP contribution < -0.4 is 10.6 Å². The summed E-state index contributed by atoms with van der Waals surface area (Å²) in [5.41, 5.74) is -0.468. The van der Waals surface area contributed by atoms with E-state index in [2.05, 4.69) is 10.6 Å². The van der Waals surface area contributed by atoms with E-state index in [-0.39, 0.29) is 17.8 Å². The Morgan fingerprint density at radius 3 is 2.54 bits per heavy atom. The number of rotatable bonds is 3. The van der Waals surface area contributed by atoms with Gasteiger partial charge in [0, 0.05) is 6.04 Å². The zero-order valence-electron chi connectivity index (χ0n) is 12.9. The van der Waals surface area contributed by atoms with Crippen LogP contribution in [0.15, 0.2) is 12.1 Å². The number of urea groups is 1. The fraction of sp³-hybridized carbons (Fsp3) is 0.500. The Labute approximate surface area is 136 Å². The number of hydrogen-bond acceptors (Lipinski definition) is 3. The zero-order valence-corrected chi connectivity index (χ0v) is 12.9. The van der Waals surface area contributed by atoms with Crippen molar-refractivity contribution in [2.24, 2.45) is 17.8 Å². The molecule has 2 amide bonds. The van der Waals surface area contributed by atoms with Crippen molar-refractivity contribution in [1.82, 2.24) is 5.32 Å². The third-order valence-electron chi connectivity index (χ3n) is 4.97. The molecule has 0 saturated heterocycles. The number of ether oxygens (including phenoxy) is 1. The SMILES string of the molecule is COC(=O)[C@@H]1[C@H]2CC[C@@H](C2)[C@H]1NC(=O)Nc1ccc(F)c(F)c1F. The molecule has 2 aliphatic carbocycles. The van der Waals surface area contributed by atoms with Crippen molar-refractivity contribution in [3.05, 3.63) is 29.6 Å². The lowest BCUT2D eigenvalue weighted by molar-refractivity contribution is -0.148. The second-order valence-corrected chi connectivity index (χ2v) is 6.23. The summed E-state index contributed by atoms with van der Waals surface area (Å²) in [7, 11) is 1.29. The van der Waals surface area contributed by atoms with Crippen molar-refractivity contribution >= 4 is 17.7 Å². The monoisotopic (exact) mass is 342 g/mol. The summed E-state index contributed by atoms with van der Waals surface area (Å²) in [5.74, 6) is -4.96. The van der Waals surface area contributed by atoms with E-state index in [9.17, 15) is 22.8 Å². The summed E-state index contributed by atoms with van der Waals surface area (Å²) >= 11 is 0. The average molecular weight is 342 g/mol. The molecule has 1 aromatic carbocycles. The summed E-state index contributed by atoms with van der Waals surface area (Å²) in [6, 6.07) is 0.477. The van der Waals surface area contributed by atoms with Crippen LogP contribution in [-0.2, 0) is 9.53 Å². The number of halogens is 3. The van der Waals surface area contributed by atoms with E-state index in [0.29, 0.717) is 0 Å². The minimum Gasteiger partial charge on any atom is -0.469 e. The van der Waals surface area contributed by atoms with E-state index in [1.807, 2.05) is 0 Å². The third-order valence-corrected chi connectivity index (χ3v) is 4.97. The van der Waals surface area contributed by atoms with Crippen LogP contribution >= 0.6 is 0 Å². The number of hydrogen-bond donors (Lipinski definition) is 2. The van der Waals surface area contributed by atoms with Gasteiger partial charge < -0.3 is 15.4 Å². The van der Waals surface area contributed by atoms with Gasteiger partial charge >= 0.3 is 12.0 Å². The summed E-state index contributed by atoms with van der Waals surface area (Å²) in [4.78, 5) is 24.0. The van der Waals surface area contributed by atoms with Gasteiger partial charge in [-0.25, -0.2) is 18.0 Å². The number of nitrogens with one attached hydrogen (secondary N) is 2. The molecule has 4 atom stereocenters. The van der Waals surface area contributed by atoms with Gasteiger partial charge in [0.05, 0.1) is 18.7 Å². The molecule has 2 fully saturated rings. The number of carbonyl (C=O) groups excluding carboxylic acids is 2. The lowest BCUT2D eigenvalue weighted by Crippen LogP contribution is -2.48. The Morgan fingerprint density at radius 1 is 1.12 bits per heavy atom. The highest BCUT2D eigenvalue weighted by molar-refractivity contribution is 5.90. The smallest absolute Gasteiger partial charge is 0.319 e. The molecule has 0 spiro atoms. The molecule has 2 bridgehead atoms. The first-order valence-electron chi connectivity index (χ1n) is 7.71. The predicted octanol–water partition coefficient (Wildman–Crippen LogP) is 2.81. The third kappa shape index (κ3) is 2.81. The Balaban J connectivity index is 1.70. The molecule has 2 saturated carbocycles. The van der Waals surface area contributed by atoms with Crippen LogP contribution in [0.3, 0.4) is 0 Å².